The van der Waals surface area contributed by atoms with Crippen molar-refractivity contribution in [2.24, 2.45) is 0 Å². The molecule has 0 saturated carbocycles. The summed E-state index contributed by atoms with van der Waals surface area (Å²) in [5.74, 6) is -0.0155. The van der Waals surface area contributed by atoms with E-state index in [1.165, 1.54) is 5.69 Å². The molecule has 0 radical (unpaired) electrons. The summed E-state index contributed by atoms with van der Waals surface area (Å²) in [6, 6.07) is 17.9. The van der Waals surface area contributed by atoms with Gasteiger partial charge in [0.05, 0.1) is 5.56 Å². The van der Waals surface area contributed by atoms with Gasteiger partial charge in [-0.2, -0.15) is 0 Å². The van der Waals surface area contributed by atoms with E-state index in [0.717, 1.165) is 31.1 Å². The van der Waals surface area contributed by atoms with Crippen LogP contribution in [0.4, 0.5) is 5.69 Å². The molecule has 1 fully saturated rings. The van der Waals surface area contributed by atoms with Crippen LogP contribution in [0.25, 0.3) is 0 Å². The average Bonchev–Trinajstić information content (AvgIpc) is 2.74. The molecule has 29 heavy (non-hydrogen) atoms. The van der Waals surface area contributed by atoms with Crippen molar-refractivity contribution in [1.29, 1.82) is 0 Å². The van der Waals surface area contributed by atoms with Gasteiger partial charge in [0.1, 0.15) is 0 Å². The number of piperazine rings is 1. The van der Waals surface area contributed by atoms with E-state index in [1.807, 2.05) is 47.4 Å². The van der Waals surface area contributed by atoms with Gasteiger partial charge in [-0.15, -0.1) is 11.8 Å². The Morgan fingerprint density at radius 1 is 0.966 bits per heavy atom. The van der Waals surface area contributed by atoms with Gasteiger partial charge >= 0.3 is 0 Å². The van der Waals surface area contributed by atoms with Crippen molar-refractivity contribution in [2.45, 2.75) is 30.4 Å². The highest BCUT2D eigenvalue weighted by atomic mass is 32.2. The Bertz CT molecular complexity index is 818. The maximum Gasteiger partial charge on any atom is 0.252 e. The van der Waals surface area contributed by atoms with E-state index >= 15 is 0 Å². The van der Waals surface area contributed by atoms with Gasteiger partial charge in [-0.25, -0.2) is 0 Å². The molecule has 1 N–H and O–H groups in total. The summed E-state index contributed by atoms with van der Waals surface area (Å²) in [5, 5.41) is 3.31. The maximum absolute atomic E-state index is 12.5. The van der Waals surface area contributed by atoms with Crippen molar-refractivity contribution in [3.8, 4) is 0 Å². The first kappa shape index (κ1) is 21.2. The molecular formula is C23H29N3O2S. The van der Waals surface area contributed by atoms with Crippen LogP contribution in [-0.2, 0) is 4.79 Å². The monoisotopic (exact) mass is 411 g/mol. The number of carbonyl (C=O) groups excluding carboxylic acids is 2. The van der Waals surface area contributed by atoms with E-state index in [9.17, 15) is 9.59 Å². The lowest BCUT2D eigenvalue weighted by Crippen LogP contribution is -2.49. The summed E-state index contributed by atoms with van der Waals surface area (Å²) in [6.45, 7) is 7.68. The van der Waals surface area contributed by atoms with Crippen LogP contribution >= 0.6 is 11.8 Å². The lowest BCUT2D eigenvalue weighted by Gasteiger charge is -2.36. The molecule has 1 saturated heterocycles. The zero-order valence-corrected chi connectivity index (χ0v) is 18.0. The third-order valence-corrected chi connectivity index (χ3v) is 5.95. The second kappa shape index (κ2) is 10.3. The number of anilines is 1. The Balaban J connectivity index is 1.44. The quantitative estimate of drug-likeness (QED) is 0.707. The number of thioether (sulfide) groups is 1. The second-order valence-electron chi connectivity index (χ2n) is 7.37. The highest BCUT2D eigenvalue weighted by Crippen LogP contribution is 2.26. The Morgan fingerprint density at radius 3 is 2.31 bits per heavy atom. The fraction of sp³-hybridized carbons (Fsp3) is 0.391. The number of para-hydroxylation sites is 1. The molecule has 0 aromatic heterocycles. The summed E-state index contributed by atoms with van der Waals surface area (Å²) in [7, 11) is 0. The Morgan fingerprint density at radius 2 is 1.62 bits per heavy atom. The molecule has 154 valence electrons. The van der Waals surface area contributed by atoms with Crippen molar-refractivity contribution in [3.05, 3.63) is 60.2 Å². The number of benzene rings is 2. The SMILES string of the molecule is CC(C)Sc1ccccc1C(=O)NCCC(=O)N1CCN(c2ccccc2)CC1. The molecule has 3 rings (SSSR count). The minimum atomic E-state index is -0.115. The summed E-state index contributed by atoms with van der Waals surface area (Å²) in [6.07, 6.45) is 0.330. The number of carbonyl (C=O) groups is 2. The average molecular weight is 412 g/mol. The van der Waals surface area contributed by atoms with Crippen LogP contribution in [0.1, 0.15) is 30.6 Å². The highest BCUT2D eigenvalue weighted by Gasteiger charge is 2.21. The maximum atomic E-state index is 12.5. The van der Waals surface area contributed by atoms with Gasteiger partial charge in [-0.3, -0.25) is 9.59 Å². The molecule has 1 aliphatic heterocycles. The molecule has 0 aliphatic carbocycles. The first-order valence-electron chi connectivity index (χ1n) is 10.2. The van der Waals surface area contributed by atoms with Crippen molar-refractivity contribution in [3.63, 3.8) is 0 Å². The van der Waals surface area contributed by atoms with Crippen LogP contribution in [0.3, 0.4) is 0 Å². The number of rotatable bonds is 7. The molecule has 0 spiro atoms. The zero-order chi connectivity index (χ0) is 20.6. The first-order valence-corrected chi connectivity index (χ1v) is 11.0. The molecule has 5 nitrogen and oxygen atoms in total. The fourth-order valence-electron chi connectivity index (χ4n) is 3.40. The standard InChI is InChI=1S/C23H29N3O2S/c1-18(2)29-21-11-7-6-10-20(21)23(28)24-13-12-22(27)26-16-14-25(15-17-26)19-8-4-3-5-9-19/h3-11,18H,12-17H2,1-2H3,(H,24,28). The predicted octanol–water partition coefficient (Wildman–Crippen LogP) is 3.66. The van der Waals surface area contributed by atoms with E-state index in [1.54, 1.807) is 11.8 Å². The van der Waals surface area contributed by atoms with Gasteiger partial charge in [-0.1, -0.05) is 44.2 Å². The Labute approximate surface area is 177 Å². The summed E-state index contributed by atoms with van der Waals surface area (Å²) >= 11 is 1.67. The van der Waals surface area contributed by atoms with Gasteiger partial charge in [0.15, 0.2) is 0 Å². The number of hydrogen-bond acceptors (Lipinski definition) is 4. The summed E-state index contributed by atoms with van der Waals surface area (Å²) in [5.41, 5.74) is 1.87. The minimum absolute atomic E-state index is 0.0999. The van der Waals surface area contributed by atoms with Crippen LogP contribution in [0, 0.1) is 0 Å². The molecular weight excluding hydrogens is 382 g/mol. The lowest BCUT2D eigenvalue weighted by atomic mass is 10.2. The topological polar surface area (TPSA) is 52.7 Å². The van der Waals surface area contributed by atoms with Gasteiger partial charge in [-0.05, 0) is 24.3 Å². The molecule has 1 aliphatic rings. The highest BCUT2D eigenvalue weighted by molar-refractivity contribution is 8.00. The molecule has 0 unspecified atom stereocenters. The van der Waals surface area contributed by atoms with Crippen molar-refractivity contribution in [2.75, 3.05) is 37.6 Å². The van der Waals surface area contributed by atoms with Crippen molar-refractivity contribution >= 4 is 29.3 Å². The van der Waals surface area contributed by atoms with Gasteiger partial charge in [0.25, 0.3) is 5.91 Å². The first-order chi connectivity index (χ1) is 14.0. The predicted molar refractivity (Wildman–Crippen MR) is 120 cm³/mol. The minimum Gasteiger partial charge on any atom is -0.368 e. The molecule has 2 aromatic carbocycles. The van der Waals surface area contributed by atoms with Crippen LogP contribution < -0.4 is 10.2 Å². The van der Waals surface area contributed by atoms with Crippen LogP contribution in [-0.4, -0.2) is 54.7 Å². The van der Waals surface area contributed by atoms with Crippen molar-refractivity contribution < 1.29 is 9.59 Å². The van der Waals surface area contributed by atoms with Crippen LogP contribution in [0.5, 0.6) is 0 Å². The van der Waals surface area contributed by atoms with Gasteiger partial charge in [0, 0.05) is 55.0 Å². The summed E-state index contributed by atoms with van der Waals surface area (Å²) in [4.78, 5) is 30.2. The fourth-order valence-corrected chi connectivity index (χ4v) is 4.35. The third kappa shape index (κ3) is 6.00. The Kier molecular flexibility index (Phi) is 7.58. The molecule has 2 aromatic rings. The van der Waals surface area contributed by atoms with E-state index in [2.05, 4.69) is 36.2 Å². The second-order valence-corrected chi connectivity index (χ2v) is 8.99. The van der Waals surface area contributed by atoms with E-state index in [4.69, 9.17) is 0 Å². The molecule has 0 bridgehead atoms. The number of nitrogens with one attached hydrogen (secondary N) is 1. The number of amides is 2. The number of nitrogens with zero attached hydrogens (tertiary/aromatic N) is 2. The largest absolute Gasteiger partial charge is 0.368 e. The van der Waals surface area contributed by atoms with E-state index in [-0.39, 0.29) is 11.8 Å². The smallest absolute Gasteiger partial charge is 0.252 e. The van der Waals surface area contributed by atoms with Crippen LogP contribution in [0.15, 0.2) is 59.5 Å². The summed E-state index contributed by atoms with van der Waals surface area (Å²) < 4.78 is 0. The molecule has 1 heterocycles. The normalized spacial score (nSPS) is 14.2. The van der Waals surface area contributed by atoms with Gasteiger partial charge in [0.2, 0.25) is 5.91 Å². The lowest BCUT2D eigenvalue weighted by molar-refractivity contribution is -0.131. The van der Waals surface area contributed by atoms with E-state index in [0.29, 0.717) is 23.8 Å². The zero-order valence-electron chi connectivity index (χ0n) is 17.1. The molecule has 6 heteroatoms. The Hall–Kier alpha value is -2.47. The van der Waals surface area contributed by atoms with Crippen LogP contribution in [0.2, 0.25) is 0 Å². The molecule has 2 amide bonds. The van der Waals surface area contributed by atoms with Crippen molar-refractivity contribution in [1.82, 2.24) is 10.2 Å². The van der Waals surface area contributed by atoms with Gasteiger partial charge < -0.3 is 15.1 Å². The number of hydrogen-bond donors (Lipinski definition) is 1. The van der Waals surface area contributed by atoms with E-state index < -0.39 is 0 Å². The third-order valence-electron chi connectivity index (χ3n) is 4.87. The molecule has 0 atom stereocenters.